The fraction of sp³-hybridized carbons (Fsp3) is 0.0656. The molecule has 1 aliphatic carbocycles. The predicted octanol–water partition coefficient (Wildman–Crippen LogP) is 16.5. The lowest BCUT2D eigenvalue weighted by Gasteiger charge is -2.34. The lowest BCUT2D eigenvalue weighted by atomic mass is 9.81. The first-order valence-electron chi connectivity index (χ1n) is 22.6. The second-order valence-corrected chi connectivity index (χ2v) is 18.0. The number of fused-ring (bicyclic) bond motifs is 9. The SMILES string of the molecule is CC1(C)c2ccccc2-c2cc3c(N(c4ccc5ncccc5c4)c4cccc5ccccc45)c4ccccc4c(N(c4ccc5c(c4)C=CCN5)c4cccc5ccccc45)c3cc21. The van der Waals surface area contributed by atoms with Crippen LogP contribution in [0.1, 0.15) is 30.5 Å². The fourth-order valence-corrected chi connectivity index (χ4v) is 10.9. The Morgan fingerprint density at radius 1 is 0.462 bits per heavy atom. The molecule has 1 N–H and O–H groups in total. The van der Waals surface area contributed by atoms with Gasteiger partial charge in [0.2, 0.25) is 0 Å². The molecule has 11 aromatic rings. The zero-order valence-electron chi connectivity index (χ0n) is 36.3. The number of nitrogens with one attached hydrogen (secondary N) is 1. The number of nitrogens with zero attached hydrogens (tertiary/aromatic N) is 3. The van der Waals surface area contributed by atoms with Crippen molar-refractivity contribution >= 4 is 99.9 Å². The fourth-order valence-electron chi connectivity index (χ4n) is 10.9. The molecular weight excluding hydrogens is 789 g/mol. The van der Waals surface area contributed by atoms with Gasteiger partial charge in [-0.25, -0.2) is 0 Å². The molecule has 0 amide bonds. The number of aromatic nitrogens is 1. The van der Waals surface area contributed by atoms with Crippen LogP contribution in [0.4, 0.5) is 39.8 Å². The van der Waals surface area contributed by atoms with Crippen LogP contribution in [0.25, 0.3) is 71.2 Å². The van der Waals surface area contributed by atoms with Gasteiger partial charge in [0.1, 0.15) is 0 Å². The Morgan fingerprint density at radius 2 is 1.05 bits per heavy atom. The average Bonchev–Trinajstić information content (AvgIpc) is 3.58. The molecule has 10 aromatic carbocycles. The monoisotopic (exact) mass is 832 g/mol. The molecule has 0 saturated heterocycles. The van der Waals surface area contributed by atoms with Gasteiger partial charge in [0, 0.05) is 72.9 Å². The summed E-state index contributed by atoms with van der Waals surface area (Å²) in [6.07, 6.45) is 6.34. The highest BCUT2D eigenvalue weighted by atomic mass is 15.2. The van der Waals surface area contributed by atoms with Crippen molar-refractivity contribution in [2.75, 3.05) is 21.7 Å². The van der Waals surface area contributed by atoms with Gasteiger partial charge < -0.3 is 15.1 Å². The topological polar surface area (TPSA) is 31.4 Å². The van der Waals surface area contributed by atoms with Gasteiger partial charge in [-0.05, 0) is 105 Å². The molecule has 308 valence electrons. The van der Waals surface area contributed by atoms with Gasteiger partial charge in [0.05, 0.1) is 28.3 Å². The summed E-state index contributed by atoms with van der Waals surface area (Å²) in [4.78, 5) is 9.83. The highest BCUT2D eigenvalue weighted by molar-refractivity contribution is 6.26. The van der Waals surface area contributed by atoms with Crippen molar-refractivity contribution in [2.24, 2.45) is 0 Å². The number of hydrogen-bond acceptors (Lipinski definition) is 4. The molecule has 1 aromatic heterocycles. The Labute approximate surface area is 378 Å². The van der Waals surface area contributed by atoms with Gasteiger partial charge in [-0.3, -0.25) is 4.98 Å². The van der Waals surface area contributed by atoms with E-state index in [1.807, 2.05) is 12.3 Å². The van der Waals surface area contributed by atoms with Gasteiger partial charge in [-0.2, -0.15) is 0 Å². The number of anilines is 7. The summed E-state index contributed by atoms with van der Waals surface area (Å²) >= 11 is 0. The minimum Gasteiger partial charge on any atom is -0.381 e. The van der Waals surface area contributed by atoms with Crippen LogP contribution in [0.15, 0.2) is 206 Å². The van der Waals surface area contributed by atoms with Crippen LogP contribution < -0.4 is 15.1 Å². The van der Waals surface area contributed by atoms with E-state index in [4.69, 9.17) is 4.98 Å². The maximum absolute atomic E-state index is 4.76. The van der Waals surface area contributed by atoms with Gasteiger partial charge in [0.25, 0.3) is 0 Å². The Bertz CT molecular complexity index is 3780. The molecule has 4 heteroatoms. The molecule has 0 unspecified atom stereocenters. The molecule has 2 heterocycles. The molecule has 0 fully saturated rings. The maximum atomic E-state index is 4.76. The molecule has 2 aliphatic rings. The van der Waals surface area contributed by atoms with Crippen LogP contribution in [-0.2, 0) is 5.41 Å². The molecule has 13 rings (SSSR count). The standard InChI is InChI=1S/C61H44N4/c1-61(2)53-26-10-9-23-47(53)50-37-51-52(38-54(50)61)60(65(44-30-32-56-42(36-44)20-14-34-63-56)58-28-12-18-40-16-4-6-22-46(40)58)49-25-8-7-24-48(49)59(51)64(43-29-31-55-41(35-43)19-13-33-62-55)57-27-11-17-39-15-3-5-21-45(39)57/h3-33,35-38,63H,34H2,1-2H3. The second kappa shape index (κ2) is 14.4. The third kappa shape index (κ3) is 5.73. The number of benzene rings is 10. The van der Waals surface area contributed by atoms with E-state index >= 15 is 0 Å². The maximum Gasteiger partial charge on any atom is 0.0703 e. The summed E-state index contributed by atoms with van der Waals surface area (Å²) in [5, 5.41) is 14.1. The summed E-state index contributed by atoms with van der Waals surface area (Å²) in [5.74, 6) is 0. The molecule has 0 bridgehead atoms. The van der Waals surface area contributed by atoms with Crippen molar-refractivity contribution in [1.82, 2.24) is 4.98 Å². The zero-order chi connectivity index (χ0) is 43.2. The summed E-state index contributed by atoms with van der Waals surface area (Å²) in [5.41, 5.74) is 15.0. The third-order valence-corrected chi connectivity index (χ3v) is 14.0. The van der Waals surface area contributed by atoms with Crippen molar-refractivity contribution in [3.8, 4) is 11.1 Å². The highest BCUT2D eigenvalue weighted by Crippen LogP contribution is 2.57. The largest absolute Gasteiger partial charge is 0.381 e. The van der Waals surface area contributed by atoms with Crippen molar-refractivity contribution < 1.29 is 0 Å². The summed E-state index contributed by atoms with van der Waals surface area (Å²) in [6.45, 7) is 5.60. The molecule has 4 nitrogen and oxygen atoms in total. The zero-order valence-corrected chi connectivity index (χ0v) is 36.3. The summed E-state index contributed by atoms with van der Waals surface area (Å²) in [7, 11) is 0. The Morgan fingerprint density at radius 3 is 1.77 bits per heavy atom. The van der Waals surface area contributed by atoms with Crippen LogP contribution in [0, 0.1) is 0 Å². The molecule has 65 heavy (non-hydrogen) atoms. The van der Waals surface area contributed by atoms with Gasteiger partial charge in [-0.15, -0.1) is 0 Å². The normalized spacial score (nSPS) is 13.5. The van der Waals surface area contributed by atoms with E-state index in [9.17, 15) is 0 Å². The molecule has 0 radical (unpaired) electrons. The molecule has 1 aliphatic heterocycles. The second-order valence-electron chi connectivity index (χ2n) is 18.0. The Balaban J connectivity index is 1.23. The summed E-state index contributed by atoms with van der Waals surface area (Å²) < 4.78 is 0. The van der Waals surface area contributed by atoms with E-state index in [1.165, 1.54) is 60.1 Å². The van der Waals surface area contributed by atoms with E-state index in [0.29, 0.717) is 0 Å². The van der Waals surface area contributed by atoms with Crippen molar-refractivity contribution in [1.29, 1.82) is 0 Å². The van der Waals surface area contributed by atoms with Crippen LogP contribution in [0.2, 0.25) is 0 Å². The number of rotatable bonds is 6. The minimum atomic E-state index is -0.226. The third-order valence-electron chi connectivity index (χ3n) is 14.0. The van der Waals surface area contributed by atoms with Crippen LogP contribution in [0.3, 0.4) is 0 Å². The number of pyridine rings is 1. The predicted molar refractivity (Wildman–Crippen MR) is 276 cm³/mol. The van der Waals surface area contributed by atoms with Gasteiger partial charge >= 0.3 is 0 Å². The van der Waals surface area contributed by atoms with E-state index < -0.39 is 0 Å². The van der Waals surface area contributed by atoms with Crippen LogP contribution in [-0.4, -0.2) is 11.5 Å². The first kappa shape index (κ1) is 37.4. The molecule has 0 atom stereocenters. The van der Waals surface area contributed by atoms with E-state index in [1.54, 1.807) is 0 Å². The lowest BCUT2D eigenvalue weighted by Crippen LogP contribution is -2.17. The number of hydrogen-bond donors (Lipinski definition) is 1. The smallest absolute Gasteiger partial charge is 0.0703 e. The van der Waals surface area contributed by atoms with Gasteiger partial charge in [0.15, 0.2) is 0 Å². The molecule has 0 saturated carbocycles. The summed E-state index contributed by atoms with van der Waals surface area (Å²) in [6, 6.07) is 72.0. The van der Waals surface area contributed by atoms with Crippen molar-refractivity contribution in [3.05, 3.63) is 223 Å². The lowest BCUT2D eigenvalue weighted by molar-refractivity contribution is 0.661. The molecular formula is C61H44N4. The first-order valence-corrected chi connectivity index (χ1v) is 22.6. The Kier molecular flexibility index (Phi) is 8.28. The van der Waals surface area contributed by atoms with Crippen molar-refractivity contribution in [3.63, 3.8) is 0 Å². The van der Waals surface area contributed by atoms with Gasteiger partial charge in [-0.1, -0.05) is 153 Å². The van der Waals surface area contributed by atoms with Crippen LogP contribution in [0.5, 0.6) is 0 Å². The molecule has 0 spiro atoms. The highest BCUT2D eigenvalue weighted by Gasteiger charge is 2.37. The van der Waals surface area contributed by atoms with E-state index in [-0.39, 0.29) is 5.41 Å². The minimum absolute atomic E-state index is 0.226. The average molecular weight is 833 g/mol. The Hall–Kier alpha value is -8.21. The quantitative estimate of drug-likeness (QED) is 0.134. The van der Waals surface area contributed by atoms with E-state index in [0.717, 1.165) is 68.0 Å². The van der Waals surface area contributed by atoms with Crippen LogP contribution >= 0.6 is 0 Å². The first-order chi connectivity index (χ1) is 32.0. The van der Waals surface area contributed by atoms with E-state index in [2.05, 4.69) is 229 Å². The van der Waals surface area contributed by atoms with Crippen molar-refractivity contribution in [2.45, 2.75) is 19.3 Å².